The van der Waals surface area contributed by atoms with Gasteiger partial charge in [0.25, 0.3) is 0 Å². The van der Waals surface area contributed by atoms with Crippen LogP contribution in [0.5, 0.6) is 11.5 Å². The maximum atomic E-state index is 11.6. The zero-order chi connectivity index (χ0) is 18.4. The van der Waals surface area contributed by atoms with Gasteiger partial charge in [-0.2, -0.15) is 5.10 Å². The van der Waals surface area contributed by atoms with Gasteiger partial charge < -0.3 is 14.2 Å². The summed E-state index contributed by atoms with van der Waals surface area (Å²) in [5, 5.41) is 4.14. The van der Waals surface area contributed by atoms with Gasteiger partial charge in [-0.3, -0.25) is 4.79 Å². The fraction of sp³-hybridized carbons (Fsp3) is 0.471. The lowest BCUT2D eigenvalue weighted by molar-refractivity contribution is -0.166. The van der Waals surface area contributed by atoms with E-state index in [9.17, 15) is 4.79 Å². The first-order valence-electron chi connectivity index (χ1n) is 7.75. The van der Waals surface area contributed by atoms with Crippen molar-refractivity contribution in [2.24, 2.45) is 5.41 Å². The first-order chi connectivity index (χ1) is 11.9. The smallest absolute Gasteiger partial charge is 0.303 e. The fourth-order valence-electron chi connectivity index (χ4n) is 2.26. The Balaban J connectivity index is 2.37. The molecule has 0 radical (unpaired) electrons. The minimum atomic E-state index is -0.728. The molecule has 7 nitrogen and oxygen atoms in total. The van der Waals surface area contributed by atoms with Crippen LogP contribution < -0.4 is 9.47 Å². The first kappa shape index (κ1) is 19.1. The number of esters is 1. The minimum Gasteiger partial charge on any atom is -0.497 e. The molecule has 8 heteroatoms. The van der Waals surface area contributed by atoms with E-state index in [4.69, 9.17) is 25.8 Å². The van der Waals surface area contributed by atoms with Crippen molar-refractivity contribution in [1.29, 1.82) is 0 Å². The lowest BCUT2D eigenvalue weighted by Crippen LogP contribution is -2.44. The van der Waals surface area contributed by atoms with Crippen molar-refractivity contribution < 1.29 is 19.0 Å². The van der Waals surface area contributed by atoms with E-state index in [-0.39, 0.29) is 5.88 Å². The molecule has 0 aliphatic rings. The zero-order valence-electron chi connectivity index (χ0n) is 14.7. The highest BCUT2D eigenvalue weighted by molar-refractivity contribution is 6.18. The molecule has 0 saturated carbocycles. The molecular weight excluding hydrogens is 346 g/mol. The van der Waals surface area contributed by atoms with E-state index in [1.165, 1.54) is 24.3 Å². The number of hydrogen-bond donors (Lipinski definition) is 0. The molecule has 1 aromatic heterocycles. The highest BCUT2D eigenvalue weighted by atomic mass is 35.5. The Kier molecular flexibility index (Phi) is 6.25. The fourth-order valence-corrected chi connectivity index (χ4v) is 2.41. The maximum Gasteiger partial charge on any atom is 0.303 e. The van der Waals surface area contributed by atoms with Crippen molar-refractivity contribution >= 4 is 17.6 Å². The molecule has 0 aliphatic carbocycles. The number of hydrogen-bond acceptors (Lipinski definition) is 6. The number of alkyl halides is 1. The third-order valence-corrected chi connectivity index (χ3v) is 4.37. The van der Waals surface area contributed by atoms with E-state index >= 15 is 0 Å². The molecule has 2 rings (SSSR count). The summed E-state index contributed by atoms with van der Waals surface area (Å²) in [7, 11) is 1.59. The maximum absolute atomic E-state index is 11.6. The van der Waals surface area contributed by atoms with E-state index in [0.717, 1.165) is 0 Å². The second-order valence-corrected chi connectivity index (χ2v) is 6.48. The van der Waals surface area contributed by atoms with Crippen molar-refractivity contribution in [3.63, 3.8) is 0 Å². The molecule has 0 saturated heterocycles. The quantitative estimate of drug-likeness (QED) is 0.527. The number of ether oxygens (including phenoxy) is 3. The van der Waals surface area contributed by atoms with Gasteiger partial charge in [-0.05, 0) is 24.3 Å². The Morgan fingerprint density at radius 3 is 2.40 bits per heavy atom. The number of carbonyl (C=O) groups is 1. The summed E-state index contributed by atoms with van der Waals surface area (Å²) >= 11 is 6.11. The second kappa shape index (κ2) is 8.20. The lowest BCUT2D eigenvalue weighted by atomic mass is 9.87. The van der Waals surface area contributed by atoms with Crippen molar-refractivity contribution in [2.75, 3.05) is 13.0 Å². The lowest BCUT2D eigenvalue weighted by Gasteiger charge is -2.36. The molecular formula is C17H22ClN3O4. The normalized spacial score (nSPS) is 13.8. The molecule has 2 aromatic rings. The Hall–Kier alpha value is -2.28. The van der Waals surface area contributed by atoms with Gasteiger partial charge >= 0.3 is 5.97 Å². The van der Waals surface area contributed by atoms with Crippen molar-refractivity contribution in [3.05, 3.63) is 36.9 Å². The van der Waals surface area contributed by atoms with Gasteiger partial charge in [0.2, 0.25) is 6.23 Å². The van der Waals surface area contributed by atoms with E-state index in [0.29, 0.717) is 11.5 Å². The zero-order valence-corrected chi connectivity index (χ0v) is 15.4. The topological polar surface area (TPSA) is 75.5 Å². The Bertz CT molecular complexity index is 674. The van der Waals surface area contributed by atoms with Gasteiger partial charge in [-0.15, -0.1) is 11.6 Å². The molecule has 0 amide bonds. The van der Waals surface area contributed by atoms with Crippen LogP contribution in [0.4, 0.5) is 0 Å². The van der Waals surface area contributed by atoms with Crippen LogP contribution >= 0.6 is 11.6 Å². The Labute approximate surface area is 151 Å². The van der Waals surface area contributed by atoms with Crippen LogP contribution in [0.2, 0.25) is 0 Å². The average molecular weight is 368 g/mol. The molecule has 0 N–H and O–H groups in total. The number of methoxy groups -OCH3 is 1. The molecule has 1 heterocycles. The van der Waals surface area contributed by atoms with Crippen LogP contribution in [-0.4, -0.2) is 39.8 Å². The van der Waals surface area contributed by atoms with Gasteiger partial charge in [-0.1, -0.05) is 13.8 Å². The minimum absolute atomic E-state index is 0.266. The summed E-state index contributed by atoms with van der Waals surface area (Å²) in [6, 6.07) is 7.09. The third-order valence-electron chi connectivity index (χ3n) is 3.68. The van der Waals surface area contributed by atoms with Gasteiger partial charge in [-0.25, -0.2) is 9.67 Å². The van der Waals surface area contributed by atoms with Crippen molar-refractivity contribution in [3.8, 4) is 11.5 Å². The summed E-state index contributed by atoms with van der Waals surface area (Å²) in [6.45, 7) is 5.15. The second-order valence-electron chi connectivity index (χ2n) is 6.21. The van der Waals surface area contributed by atoms with Gasteiger partial charge in [0, 0.05) is 18.2 Å². The number of rotatable bonds is 8. The monoisotopic (exact) mass is 367 g/mol. The predicted octanol–water partition coefficient (Wildman–Crippen LogP) is 3.06. The van der Waals surface area contributed by atoms with Gasteiger partial charge in [0.1, 0.15) is 24.2 Å². The average Bonchev–Trinajstić information content (AvgIpc) is 3.12. The van der Waals surface area contributed by atoms with E-state index in [1.807, 2.05) is 13.8 Å². The van der Waals surface area contributed by atoms with Crippen LogP contribution in [0, 0.1) is 5.41 Å². The number of aromatic nitrogens is 3. The van der Waals surface area contributed by atoms with Crippen molar-refractivity contribution in [2.45, 2.75) is 33.1 Å². The third kappa shape index (κ3) is 4.85. The SMILES string of the molecule is COc1ccc(OC(C(OC(C)=O)C(C)(C)CCl)n2cncn2)cc1. The molecule has 0 spiro atoms. The number of halogens is 1. The summed E-state index contributed by atoms with van der Waals surface area (Å²) in [6.07, 6.45) is 1.50. The van der Waals surface area contributed by atoms with Crippen molar-refractivity contribution in [1.82, 2.24) is 14.8 Å². The van der Waals surface area contributed by atoms with Crippen LogP contribution in [0.15, 0.2) is 36.9 Å². The standard InChI is InChI=1S/C17H22ClN3O4/c1-12(22)24-15(17(2,3)9-18)16(21-11-19-10-20-21)25-14-7-5-13(23-4)6-8-14/h5-8,10-11,15-16H,9H2,1-4H3. The van der Waals surface area contributed by atoms with Gasteiger partial charge in [0.05, 0.1) is 7.11 Å². The summed E-state index contributed by atoms with van der Waals surface area (Å²) in [5.41, 5.74) is -0.559. The highest BCUT2D eigenvalue weighted by Gasteiger charge is 2.41. The molecule has 0 aliphatic heterocycles. The van der Waals surface area contributed by atoms with E-state index in [2.05, 4.69) is 10.1 Å². The van der Waals surface area contributed by atoms with E-state index < -0.39 is 23.7 Å². The van der Waals surface area contributed by atoms with Crippen LogP contribution in [-0.2, 0) is 9.53 Å². The highest BCUT2D eigenvalue weighted by Crippen LogP contribution is 2.34. The predicted molar refractivity (Wildman–Crippen MR) is 92.7 cm³/mol. The molecule has 2 atom stereocenters. The van der Waals surface area contributed by atoms with Gasteiger partial charge in [0.15, 0.2) is 6.10 Å². The number of nitrogens with zero attached hydrogens (tertiary/aromatic N) is 3. The Morgan fingerprint density at radius 1 is 1.28 bits per heavy atom. The molecule has 136 valence electrons. The molecule has 2 unspecified atom stereocenters. The van der Waals surface area contributed by atoms with E-state index in [1.54, 1.807) is 31.4 Å². The van der Waals surface area contributed by atoms with Crippen LogP contribution in [0.1, 0.15) is 27.0 Å². The summed E-state index contributed by atoms with van der Waals surface area (Å²) in [5.74, 6) is 1.13. The molecule has 1 aromatic carbocycles. The van der Waals surface area contributed by atoms with Crippen LogP contribution in [0.25, 0.3) is 0 Å². The number of carbonyl (C=O) groups excluding carboxylic acids is 1. The molecule has 25 heavy (non-hydrogen) atoms. The first-order valence-corrected chi connectivity index (χ1v) is 8.29. The molecule has 0 fully saturated rings. The summed E-state index contributed by atoms with van der Waals surface area (Å²) in [4.78, 5) is 15.6. The van der Waals surface area contributed by atoms with Crippen LogP contribution in [0.3, 0.4) is 0 Å². The Morgan fingerprint density at radius 2 is 1.92 bits per heavy atom. The molecule has 0 bridgehead atoms. The summed E-state index contributed by atoms with van der Waals surface area (Å²) < 4.78 is 18.3. The largest absolute Gasteiger partial charge is 0.497 e. The number of benzene rings is 1.